The summed E-state index contributed by atoms with van der Waals surface area (Å²) in [5.74, 6) is 1.79. The lowest BCUT2D eigenvalue weighted by molar-refractivity contribution is -0.136. The molecule has 3 N–H and O–H groups in total. The molecule has 31 heavy (non-hydrogen) atoms. The Labute approximate surface area is 182 Å². The minimum Gasteiger partial charge on any atom is -0.369 e. The topological polar surface area (TPSA) is 104 Å². The zero-order chi connectivity index (χ0) is 21.6. The molecule has 2 fully saturated rings. The number of piperidine rings is 2. The zero-order valence-corrected chi connectivity index (χ0v) is 17.7. The van der Waals surface area contributed by atoms with Crippen LogP contribution in [0, 0.1) is 5.92 Å². The highest BCUT2D eigenvalue weighted by Gasteiger charge is 2.28. The molecule has 4 rings (SSSR count). The third kappa shape index (κ3) is 5.58. The standard InChI is InChI=1S/C23H30N6O2/c24-23(31)18-9-14-29(15-10-18)22(30)16-28-12-7-17(8-13-28)19-4-3-6-21(26-19)27-20-5-1-2-11-25-20/h1-6,11,17-18H,7-10,12-16H2,(H2,24,31)(H,25,26,27). The summed E-state index contributed by atoms with van der Waals surface area (Å²) in [6, 6.07) is 11.8. The van der Waals surface area contributed by atoms with Crippen molar-refractivity contribution in [1.82, 2.24) is 19.8 Å². The number of hydrogen-bond acceptors (Lipinski definition) is 6. The summed E-state index contributed by atoms with van der Waals surface area (Å²) in [5, 5.41) is 3.25. The Morgan fingerprint density at radius 2 is 1.71 bits per heavy atom. The highest BCUT2D eigenvalue weighted by molar-refractivity contribution is 5.80. The van der Waals surface area contributed by atoms with Crippen LogP contribution in [0.2, 0.25) is 0 Å². The number of anilines is 2. The average molecular weight is 423 g/mol. The molecule has 4 heterocycles. The molecule has 2 saturated heterocycles. The fourth-order valence-corrected chi connectivity index (χ4v) is 4.41. The predicted molar refractivity (Wildman–Crippen MR) is 119 cm³/mol. The maximum absolute atomic E-state index is 12.7. The molecular weight excluding hydrogens is 392 g/mol. The minimum absolute atomic E-state index is 0.0878. The molecule has 2 aliphatic heterocycles. The van der Waals surface area contributed by atoms with E-state index in [-0.39, 0.29) is 17.7 Å². The molecular formula is C23H30N6O2. The predicted octanol–water partition coefficient (Wildman–Crippen LogP) is 2.12. The van der Waals surface area contributed by atoms with Gasteiger partial charge in [-0.1, -0.05) is 12.1 Å². The van der Waals surface area contributed by atoms with Crippen LogP contribution in [0.25, 0.3) is 0 Å². The number of aromatic nitrogens is 2. The molecule has 2 amide bonds. The van der Waals surface area contributed by atoms with Gasteiger partial charge in [-0.15, -0.1) is 0 Å². The monoisotopic (exact) mass is 422 g/mol. The van der Waals surface area contributed by atoms with E-state index in [0.29, 0.717) is 38.4 Å². The van der Waals surface area contributed by atoms with Crippen molar-refractivity contribution in [2.24, 2.45) is 11.7 Å². The van der Waals surface area contributed by atoms with Gasteiger partial charge in [0.05, 0.1) is 6.54 Å². The number of hydrogen-bond donors (Lipinski definition) is 2. The Balaban J connectivity index is 1.26. The Morgan fingerprint density at radius 1 is 0.968 bits per heavy atom. The first kappa shape index (κ1) is 21.2. The van der Waals surface area contributed by atoms with E-state index < -0.39 is 0 Å². The van der Waals surface area contributed by atoms with Gasteiger partial charge in [0.25, 0.3) is 0 Å². The van der Waals surface area contributed by atoms with Gasteiger partial charge in [-0.25, -0.2) is 9.97 Å². The second kappa shape index (κ2) is 9.87. The number of carbonyl (C=O) groups is 2. The van der Waals surface area contributed by atoms with Crippen molar-refractivity contribution >= 4 is 23.5 Å². The van der Waals surface area contributed by atoms with Crippen molar-refractivity contribution < 1.29 is 9.59 Å². The Kier molecular flexibility index (Phi) is 6.76. The van der Waals surface area contributed by atoms with Gasteiger partial charge in [0.2, 0.25) is 11.8 Å². The fourth-order valence-electron chi connectivity index (χ4n) is 4.41. The van der Waals surface area contributed by atoms with E-state index in [0.717, 1.165) is 43.3 Å². The summed E-state index contributed by atoms with van der Waals surface area (Å²) in [4.78, 5) is 37.1. The first-order chi connectivity index (χ1) is 15.1. The normalized spacial score (nSPS) is 18.6. The van der Waals surface area contributed by atoms with E-state index >= 15 is 0 Å². The Morgan fingerprint density at radius 3 is 2.39 bits per heavy atom. The van der Waals surface area contributed by atoms with E-state index in [4.69, 9.17) is 10.7 Å². The van der Waals surface area contributed by atoms with Crippen molar-refractivity contribution in [2.75, 3.05) is 38.0 Å². The second-order valence-corrected chi connectivity index (χ2v) is 8.40. The summed E-state index contributed by atoms with van der Waals surface area (Å²) >= 11 is 0. The first-order valence-corrected chi connectivity index (χ1v) is 11.0. The summed E-state index contributed by atoms with van der Waals surface area (Å²) in [7, 11) is 0. The van der Waals surface area contributed by atoms with Gasteiger partial charge < -0.3 is 16.0 Å². The molecule has 0 atom stereocenters. The molecule has 0 unspecified atom stereocenters. The van der Waals surface area contributed by atoms with Crippen molar-refractivity contribution in [1.29, 1.82) is 0 Å². The van der Waals surface area contributed by atoms with Gasteiger partial charge in [0, 0.05) is 36.8 Å². The van der Waals surface area contributed by atoms with E-state index in [9.17, 15) is 9.59 Å². The molecule has 8 nitrogen and oxygen atoms in total. The average Bonchev–Trinajstić information content (AvgIpc) is 2.80. The fraction of sp³-hybridized carbons (Fsp3) is 0.478. The van der Waals surface area contributed by atoms with Crippen LogP contribution >= 0.6 is 0 Å². The number of primary amides is 1. The van der Waals surface area contributed by atoms with Gasteiger partial charge in [0.1, 0.15) is 11.6 Å². The van der Waals surface area contributed by atoms with Crippen LogP contribution in [0.3, 0.4) is 0 Å². The second-order valence-electron chi connectivity index (χ2n) is 8.40. The van der Waals surface area contributed by atoms with Crippen LogP contribution in [0.5, 0.6) is 0 Å². The number of nitrogens with one attached hydrogen (secondary N) is 1. The third-order valence-corrected chi connectivity index (χ3v) is 6.31. The largest absolute Gasteiger partial charge is 0.369 e. The van der Waals surface area contributed by atoms with Crippen molar-refractivity contribution in [3.8, 4) is 0 Å². The summed E-state index contributed by atoms with van der Waals surface area (Å²) < 4.78 is 0. The van der Waals surface area contributed by atoms with Gasteiger partial charge in [-0.2, -0.15) is 0 Å². The lowest BCUT2D eigenvalue weighted by Crippen LogP contribution is -2.47. The molecule has 2 aromatic rings. The number of nitrogens with two attached hydrogens (primary N) is 1. The first-order valence-electron chi connectivity index (χ1n) is 11.0. The van der Waals surface area contributed by atoms with Crippen molar-refractivity contribution in [3.05, 3.63) is 48.3 Å². The number of nitrogens with zero attached hydrogens (tertiary/aromatic N) is 4. The van der Waals surface area contributed by atoms with Crippen LogP contribution in [0.15, 0.2) is 42.6 Å². The van der Waals surface area contributed by atoms with E-state index in [1.807, 2.05) is 35.2 Å². The lowest BCUT2D eigenvalue weighted by atomic mass is 9.93. The maximum Gasteiger partial charge on any atom is 0.236 e. The Bertz CT molecular complexity index is 890. The molecule has 0 aromatic carbocycles. The van der Waals surface area contributed by atoms with E-state index in [1.54, 1.807) is 6.20 Å². The molecule has 0 aliphatic carbocycles. The summed E-state index contributed by atoms with van der Waals surface area (Å²) in [6.07, 6.45) is 5.08. The summed E-state index contributed by atoms with van der Waals surface area (Å²) in [5.41, 5.74) is 6.47. The third-order valence-electron chi connectivity index (χ3n) is 6.31. The molecule has 0 radical (unpaired) electrons. The van der Waals surface area contributed by atoms with Crippen LogP contribution in [-0.4, -0.2) is 64.3 Å². The van der Waals surface area contributed by atoms with Crippen molar-refractivity contribution in [3.63, 3.8) is 0 Å². The SMILES string of the molecule is NC(=O)C1CCN(C(=O)CN2CCC(c3cccc(Nc4ccccn4)n3)CC2)CC1. The van der Waals surface area contributed by atoms with Crippen LogP contribution in [0.4, 0.5) is 11.6 Å². The highest BCUT2D eigenvalue weighted by Crippen LogP contribution is 2.28. The number of amides is 2. The van der Waals surface area contributed by atoms with Crippen LogP contribution in [0.1, 0.15) is 37.3 Å². The Hall–Kier alpha value is -3.00. The van der Waals surface area contributed by atoms with Crippen LogP contribution < -0.4 is 11.1 Å². The molecule has 8 heteroatoms. The number of carbonyl (C=O) groups excluding carboxylic acids is 2. The lowest BCUT2D eigenvalue weighted by Gasteiger charge is -2.35. The van der Waals surface area contributed by atoms with Gasteiger partial charge >= 0.3 is 0 Å². The minimum atomic E-state index is -0.248. The van der Waals surface area contributed by atoms with E-state index in [1.165, 1.54) is 0 Å². The molecule has 0 saturated carbocycles. The van der Waals surface area contributed by atoms with Crippen LogP contribution in [-0.2, 0) is 9.59 Å². The van der Waals surface area contributed by atoms with E-state index in [2.05, 4.69) is 21.3 Å². The maximum atomic E-state index is 12.7. The zero-order valence-electron chi connectivity index (χ0n) is 17.7. The number of rotatable bonds is 6. The summed E-state index contributed by atoms with van der Waals surface area (Å²) in [6.45, 7) is 3.47. The number of likely N-dealkylation sites (tertiary alicyclic amines) is 2. The highest BCUT2D eigenvalue weighted by atomic mass is 16.2. The quantitative estimate of drug-likeness (QED) is 0.739. The molecule has 2 aromatic heterocycles. The smallest absolute Gasteiger partial charge is 0.236 e. The molecule has 164 valence electrons. The molecule has 0 spiro atoms. The van der Waals surface area contributed by atoms with Gasteiger partial charge in [0.15, 0.2) is 0 Å². The van der Waals surface area contributed by atoms with Gasteiger partial charge in [-0.3, -0.25) is 14.5 Å². The molecule has 0 bridgehead atoms. The molecule has 2 aliphatic rings. The number of pyridine rings is 2. The van der Waals surface area contributed by atoms with Crippen molar-refractivity contribution in [2.45, 2.75) is 31.6 Å². The van der Waals surface area contributed by atoms with Gasteiger partial charge in [-0.05, 0) is 63.0 Å².